The van der Waals surface area contributed by atoms with Gasteiger partial charge in [0.15, 0.2) is 6.10 Å². The molecule has 3 aliphatic heterocycles. The molecule has 1 aromatic rings. The number of fused-ring (bicyclic) bond motifs is 2. The minimum atomic E-state index is -1.31. The molecule has 6 rings (SSSR count). The Morgan fingerprint density at radius 1 is 1.11 bits per heavy atom. The molecule has 0 amide bonds. The van der Waals surface area contributed by atoms with Gasteiger partial charge in [0, 0.05) is 28.7 Å². The number of ketones is 1. The largest absolute Gasteiger partial charge is 0.472 e. The maximum Gasteiger partial charge on any atom is 0.339 e. The van der Waals surface area contributed by atoms with E-state index < -0.39 is 69.5 Å². The van der Waals surface area contributed by atoms with Crippen molar-refractivity contribution in [1.29, 1.82) is 0 Å². The number of ether oxygens (including phenoxy) is 3. The van der Waals surface area contributed by atoms with E-state index in [0.29, 0.717) is 18.4 Å². The predicted molar refractivity (Wildman–Crippen MR) is 118 cm³/mol. The number of Topliss-reactive ketones (excluding diaryl/α,β-unsaturated/α-hetero) is 1. The molecule has 1 aromatic heterocycles. The lowest BCUT2D eigenvalue weighted by atomic mass is 9.36. The maximum absolute atomic E-state index is 14.2. The number of rotatable bonds is 2. The summed E-state index contributed by atoms with van der Waals surface area (Å²) in [4.78, 5) is 39.4. The second-order valence-corrected chi connectivity index (χ2v) is 12.1. The number of carbonyl (C=O) groups is 3. The topological polar surface area (TPSA) is 136 Å². The molecule has 0 radical (unpaired) electrons. The molecule has 2 spiro atoms. The van der Waals surface area contributed by atoms with Crippen molar-refractivity contribution in [2.45, 2.75) is 82.9 Å². The van der Waals surface area contributed by atoms with Crippen LogP contribution < -0.4 is 0 Å². The van der Waals surface area contributed by atoms with Gasteiger partial charge < -0.3 is 28.8 Å². The van der Waals surface area contributed by atoms with Crippen LogP contribution >= 0.6 is 0 Å². The third kappa shape index (κ3) is 2.52. The number of epoxide rings is 1. The Bertz CT molecular complexity index is 1100. The third-order valence-corrected chi connectivity index (χ3v) is 10.3. The molecule has 9 nitrogen and oxygen atoms in total. The zero-order valence-electron chi connectivity index (χ0n) is 20.4. The first-order valence-electron chi connectivity index (χ1n) is 12.3. The van der Waals surface area contributed by atoms with Gasteiger partial charge in [-0.3, -0.25) is 9.59 Å². The van der Waals surface area contributed by atoms with E-state index in [2.05, 4.69) is 0 Å². The number of hydrogen-bond acceptors (Lipinski definition) is 9. The SMILES string of the molecule is CC(C)(O)[C@@H]1CC(=O)[C@]2(C)[C@H](CC[C@@]3(C)[C@H](c4ccoc4)OC(=O)[C@H]4O[C@]432)[C@]12COC(=O)C[C@@H]2O. The van der Waals surface area contributed by atoms with Gasteiger partial charge in [0.1, 0.15) is 24.1 Å². The van der Waals surface area contributed by atoms with E-state index in [-0.39, 0.29) is 25.2 Å². The van der Waals surface area contributed by atoms with Gasteiger partial charge in [0.05, 0.1) is 36.1 Å². The fraction of sp³-hybridized carbons (Fsp3) is 0.731. The van der Waals surface area contributed by atoms with Gasteiger partial charge in [-0.15, -0.1) is 0 Å². The van der Waals surface area contributed by atoms with Gasteiger partial charge >= 0.3 is 11.9 Å². The van der Waals surface area contributed by atoms with Crippen molar-refractivity contribution in [2.75, 3.05) is 6.61 Å². The molecule has 0 unspecified atom stereocenters. The highest BCUT2D eigenvalue weighted by Crippen LogP contribution is 2.78. The minimum absolute atomic E-state index is 0.0234. The molecule has 0 bridgehead atoms. The normalized spacial score (nSPS) is 49.0. The van der Waals surface area contributed by atoms with E-state index in [1.807, 2.05) is 13.8 Å². The van der Waals surface area contributed by atoms with Crippen LogP contribution in [0.25, 0.3) is 0 Å². The van der Waals surface area contributed by atoms with Crippen LogP contribution in [-0.4, -0.2) is 58.0 Å². The second kappa shape index (κ2) is 6.75. The smallest absolute Gasteiger partial charge is 0.339 e. The standard InChI is InChI=1S/C26H32O9/c1-22(2,31)15-9-16(27)24(4)14(25(15)12-33-18(29)10-17(25)28)5-7-23(3)19(13-6-8-32-11-13)34-21(30)20-26(23,24)35-20/h6,8,11,14-15,17,19-20,28,31H,5,7,9-10,12H2,1-4H3/t14-,15-,17-,19-,20+,23-,24-,25+,26+/m0/s1. The monoisotopic (exact) mass is 488 g/mol. The highest BCUT2D eigenvalue weighted by Gasteiger charge is 2.89. The lowest BCUT2D eigenvalue weighted by Crippen LogP contribution is -2.75. The summed E-state index contributed by atoms with van der Waals surface area (Å²) in [5.74, 6) is -2.25. The third-order valence-electron chi connectivity index (χ3n) is 10.3. The van der Waals surface area contributed by atoms with Crippen molar-refractivity contribution in [3.8, 4) is 0 Å². The van der Waals surface area contributed by atoms with Crippen LogP contribution in [-0.2, 0) is 28.6 Å². The Morgan fingerprint density at radius 2 is 1.86 bits per heavy atom. The predicted octanol–water partition coefficient (Wildman–Crippen LogP) is 2.09. The minimum Gasteiger partial charge on any atom is -0.472 e. The molecule has 2 saturated carbocycles. The molecule has 35 heavy (non-hydrogen) atoms. The van der Waals surface area contributed by atoms with Crippen LogP contribution in [0.4, 0.5) is 0 Å². The zero-order valence-corrected chi connectivity index (χ0v) is 20.4. The Labute approximate surface area is 203 Å². The molecule has 4 heterocycles. The van der Waals surface area contributed by atoms with E-state index in [9.17, 15) is 24.6 Å². The fourth-order valence-electron chi connectivity index (χ4n) is 8.78. The van der Waals surface area contributed by atoms with Gasteiger partial charge in [0.25, 0.3) is 0 Å². The molecule has 3 saturated heterocycles. The van der Waals surface area contributed by atoms with Crippen molar-refractivity contribution in [2.24, 2.45) is 28.1 Å². The van der Waals surface area contributed by atoms with Crippen molar-refractivity contribution in [3.63, 3.8) is 0 Å². The van der Waals surface area contributed by atoms with Gasteiger partial charge in [-0.05, 0) is 45.6 Å². The molecule has 190 valence electrons. The molecular formula is C26H32O9. The molecule has 5 fully saturated rings. The molecule has 9 heteroatoms. The Balaban J connectivity index is 1.54. The molecule has 9 atom stereocenters. The van der Waals surface area contributed by atoms with Crippen molar-refractivity contribution in [1.82, 2.24) is 0 Å². The first kappa shape index (κ1) is 23.2. The summed E-state index contributed by atoms with van der Waals surface area (Å²) >= 11 is 0. The van der Waals surface area contributed by atoms with Crippen LogP contribution in [0.2, 0.25) is 0 Å². The summed E-state index contributed by atoms with van der Waals surface area (Å²) in [6, 6.07) is 1.76. The molecular weight excluding hydrogens is 456 g/mol. The zero-order chi connectivity index (χ0) is 25.2. The summed E-state index contributed by atoms with van der Waals surface area (Å²) in [5.41, 5.74) is -4.71. The fourth-order valence-corrected chi connectivity index (χ4v) is 8.78. The summed E-state index contributed by atoms with van der Waals surface area (Å²) in [5, 5.41) is 22.7. The van der Waals surface area contributed by atoms with Gasteiger partial charge in [0.2, 0.25) is 0 Å². The number of hydrogen-bond donors (Lipinski definition) is 2. The van der Waals surface area contributed by atoms with Crippen LogP contribution in [0.1, 0.15) is 65.0 Å². The average Bonchev–Trinajstić information content (AvgIpc) is 3.34. The number of aliphatic hydroxyl groups is 2. The summed E-state index contributed by atoms with van der Waals surface area (Å²) in [7, 11) is 0. The Morgan fingerprint density at radius 3 is 2.49 bits per heavy atom. The van der Waals surface area contributed by atoms with Crippen LogP contribution in [0.3, 0.4) is 0 Å². The first-order valence-corrected chi connectivity index (χ1v) is 12.3. The lowest BCUT2D eigenvalue weighted by molar-refractivity contribution is -0.259. The number of aliphatic hydroxyl groups excluding tert-OH is 1. The number of carbonyl (C=O) groups excluding carboxylic acids is 3. The Hall–Kier alpha value is -2.23. The van der Waals surface area contributed by atoms with E-state index in [1.165, 1.54) is 6.26 Å². The van der Waals surface area contributed by atoms with E-state index in [1.54, 1.807) is 26.2 Å². The summed E-state index contributed by atoms with van der Waals surface area (Å²) in [6.07, 6.45) is 1.23. The van der Waals surface area contributed by atoms with Gasteiger partial charge in [-0.2, -0.15) is 0 Å². The first-order chi connectivity index (χ1) is 16.3. The van der Waals surface area contributed by atoms with Gasteiger partial charge in [-0.1, -0.05) is 6.92 Å². The number of esters is 2. The van der Waals surface area contributed by atoms with E-state index in [0.717, 1.165) is 0 Å². The lowest BCUT2D eigenvalue weighted by Gasteiger charge is -2.67. The highest BCUT2D eigenvalue weighted by atomic mass is 16.7. The number of furan rings is 1. The van der Waals surface area contributed by atoms with Crippen molar-refractivity contribution >= 4 is 17.7 Å². The van der Waals surface area contributed by atoms with Crippen molar-refractivity contribution < 1.29 is 43.2 Å². The van der Waals surface area contributed by atoms with E-state index in [4.69, 9.17) is 18.6 Å². The maximum atomic E-state index is 14.2. The van der Waals surface area contributed by atoms with Crippen LogP contribution in [0.15, 0.2) is 23.0 Å². The Kier molecular flexibility index (Phi) is 4.47. The molecule has 2 N–H and O–H groups in total. The van der Waals surface area contributed by atoms with Crippen LogP contribution in [0, 0.1) is 28.1 Å². The summed E-state index contributed by atoms with van der Waals surface area (Å²) < 4.78 is 23.0. The van der Waals surface area contributed by atoms with Crippen LogP contribution in [0.5, 0.6) is 0 Å². The molecule has 5 aliphatic rings. The second-order valence-electron chi connectivity index (χ2n) is 12.1. The van der Waals surface area contributed by atoms with Crippen molar-refractivity contribution in [3.05, 3.63) is 24.2 Å². The number of cyclic esters (lactones) is 2. The molecule has 0 aromatic carbocycles. The average molecular weight is 489 g/mol. The van der Waals surface area contributed by atoms with Gasteiger partial charge in [-0.25, -0.2) is 4.79 Å². The quantitative estimate of drug-likeness (QED) is 0.474. The summed E-state index contributed by atoms with van der Waals surface area (Å²) in [6.45, 7) is 7.01. The van der Waals surface area contributed by atoms with E-state index >= 15 is 0 Å². The highest BCUT2D eigenvalue weighted by molar-refractivity contribution is 5.93. The molecule has 2 aliphatic carbocycles.